The first-order valence-electron chi connectivity index (χ1n) is 11.2. The molecule has 2 aromatic carbocycles. The minimum Gasteiger partial charge on any atom is -0.465 e. The van der Waals surface area contributed by atoms with E-state index in [1.54, 1.807) is 6.92 Å². The predicted molar refractivity (Wildman–Crippen MR) is 134 cm³/mol. The molecule has 0 aliphatic heterocycles. The van der Waals surface area contributed by atoms with Gasteiger partial charge in [0.05, 0.1) is 26.6 Å². The molecule has 3 aromatic rings. The molecule has 0 aliphatic carbocycles. The molecule has 13 heteroatoms. The lowest BCUT2D eigenvalue weighted by Crippen LogP contribution is -2.27. The second kappa shape index (κ2) is 11.5. The van der Waals surface area contributed by atoms with Crippen LogP contribution in [0.25, 0.3) is 10.2 Å². The van der Waals surface area contributed by atoms with Crippen LogP contribution in [0, 0.1) is 10.1 Å². The molecule has 36 heavy (non-hydrogen) atoms. The van der Waals surface area contributed by atoms with E-state index in [1.807, 2.05) is 6.92 Å². The van der Waals surface area contributed by atoms with Crippen molar-refractivity contribution in [2.75, 3.05) is 20.2 Å². The molecule has 0 bridgehead atoms. The van der Waals surface area contributed by atoms with Crippen molar-refractivity contribution in [2.45, 2.75) is 38.1 Å². The van der Waals surface area contributed by atoms with Gasteiger partial charge in [0.2, 0.25) is 10.0 Å². The molecule has 0 radical (unpaired) electrons. The van der Waals surface area contributed by atoms with Crippen LogP contribution in [-0.4, -0.2) is 54.3 Å². The number of carbonyl (C=O) groups is 2. The molecule has 192 valence electrons. The van der Waals surface area contributed by atoms with Gasteiger partial charge in [0, 0.05) is 31.3 Å². The van der Waals surface area contributed by atoms with Crippen LogP contribution in [0.5, 0.6) is 0 Å². The lowest BCUT2D eigenvalue weighted by atomic mass is 10.2. The Hall–Kier alpha value is -3.42. The monoisotopic (exact) mass is 534 g/mol. The number of aromatic nitrogens is 1. The number of nitrogens with zero attached hydrogens (tertiary/aromatic N) is 4. The van der Waals surface area contributed by atoms with Crippen molar-refractivity contribution in [3.63, 3.8) is 0 Å². The van der Waals surface area contributed by atoms with Crippen LogP contribution in [0.2, 0.25) is 0 Å². The lowest BCUT2D eigenvalue weighted by Gasteiger charge is -2.16. The van der Waals surface area contributed by atoms with Crippen molar-refractivity contribution < 1.29 is 27.7 Å². The second-order valence-electron chi connectivity index (χ2n) is 7.81. The van der Waals surface area contributed by atoms with Crippen LogP contribution in [0.15, 0.2) is 52.4 Å². The number of esters is 1. The highest BCUT2D eigenvalue weighted by molar-refractivity contribution is 7.89. The number of nitro groups is 1. The Labute approximate surface area is 211 Å². The maximum absolute atomic E-state index is 12.9. The summed E-state index contributed by atoms with van der Waals surface area (Å²) in [6.45, 7) is 3.87. The highest BCUT2D eigenvalue weighted by Gasteiger charge is 2.21. The van der Waals surface area contributed by atoms with Crippen LogP contribution in [0.4, 0.5) is 5.69 Å². The number of hydrogen-bond donors (Lipinski definition) is 0. The number of hydrogen-bond acceptors (Lipinski definition) is 8. The van der Waals surface area contributed by atoms with Crippen molar-refractivity contribution in [1.29, 1.82) is 0 Å². The number of benzene rings is 2. The number of rotatable bonds is 10. The summed E-state index contributed by atoms with van der Waals surface area (Å²) in [5.41, 5.74) is 0.345. The van der Waals surface area contributed by atoms with Gasteiger partial charge in [-0.1, -0.05) is 24.7 Å². The minimum absolute atomic E-state index is 0.0594. The summed E-state index contributed by atoms with van der Waals surface area (Å²) < 4.78 is 33.7. The molecule has 0 saturated carbocycles. The average molecular weight is 535 g/mol. The van der Waals surface area contributed by atoms with Gasteiger partial charge < -0.3 is 9.30 Å². The largest absolute Gasteiger partial charge is 0.465 e. The maximum atomic E-state index is 12.9. The van der Waals surface area contributed by atoms with E-state index in [0.29, 0.717) is 16.8 Å². The molecule has 3 rings (SSSR count). The summed E-state index contributed by atoms with van der Waals surface area (Å²) >= 11 is 1.09. The number of carbonyl (C=O) groups excluding carboxylic acids is 2. The van der Waals surface area contributed by atoms with E-state index >= 15 is 0 Å². The van der Waals surface area contributed by atoms with Crippen molar-refractivity contribution in [3.8, 4) is 0 Å². The molecular formula is C23H26N4O7S2. The third-order valence-electron chi connectivity index (χ3n) is 5.30. The van der Waals surface area contributed by atoms with Gasteiger partial charge in [-0.15, -0.1) is 0 Å². The van der Waals surface area contributed by atoms with Gasteiger partial charge in [0.25, 0.3) is 11.6 Å². The molecule has 0 unspecified atom stereocenters. The summed E-state index contributed by atoms with van der Waals surface area (Å²) in [5, 5.41) is 11.2. The SMILES string of the molecule is CCCCN(C)S(=O)(=O)c1ccc(C(=O)N=c2sc3ccc([N+](=O)[O-])cc3n2CC(=O)OCC)cc1. The highest BCUT2D eigenvalue weighted by Crippen LogP contribution is 2.23. The molecular weight excluding hydrogens is 508 g/mol. The number of thiazole rings is 1. The van der Waals surface area contributed by atoms with E-state index in [-0.39, 0.29) is 34.1 Å². The van der Waals surface area contributed by atoms with Gasteiger partial charge in [0.1, 0.15) is 6.54 Å². The fourth-order valence-corrected chi connectivity index (χ4v) is 5.56. The van der Waals surface area contributed by atoms with Gasteiger partial charge in [-0.2, -0.15) is 4.99 Å². The predicted octanol–water partition coefficient (Wildman–Crippen LogP) is 3.34. The first-order chi connectivity index (χ1) is 17.1. The first kappa shape index (κ1) is 27.2. The third kappa shape index (κ3) is 6.04. The van der Waals surface area contributed by atoms with Gasteiger partial charge in [0.15, 0.2) is 4.80 Å². The van der Waals surface area contributed by atoms with E-state index in [1.165, 1.54) is 58.4 Å². The van der Waals surface area contributed by atoms with Crippen molar-refractivity contribution in [1.82, 2.24) is 8.87 Å². The van der Waals surface area contributed by atoms with Crippen molar-refractivity contribution in [2.24, 2.45) is 4.99 Å². The Morgan fingerprint density at radius 2 is 1.86 bits per heavy atom. The zero-order valence-electron chi connectivity index (χ0n) is 20.0. The van der Waals surface area contributed by atoms with Crippen LogP contribution >= 0.6 is 11.3 Å². The average Bonchev–Trinajstić information content (AvgIpc) is 3.18. The maximum Gasteiger partial charge on any atom is 0.326 e. The van der Waals surface area contributed by atoms with E-state index in [2.05, 4.69) is 4.99 Å². The van der Waals surface area contributed by atoms with E-state index in [0.717, 1.165) is 24.2 Å². The lowest BCUT2D eigenvalue weighted by molar-refractivity contribution is -0.384. The Balaban J connectivity index is 1.99. The molecule has 1 amide bonds. The van der Waals surface area contributed by atoms with Gasteiger partial charge >= 0.3 is 5.97 Å². The van der Waals surface area contributed by atoms with Crippen LogP contribution in [-0.2, 0) is 26.1 Å². The van der Waals surface area contributed by atoms with E-state index < -0.39 is 26.8 Å². The first-order valence-corrected chi connectivity index (χ1v) is 13.4. The molecule has 0 aliphatic rings. The summed E-state index contributed by atoms with van der Waals surface area (Å²) in [4.78, 5) is 40.1. The highest BCUT2D eigenvalue weighted by atomic mass is 32.2. The topological polar surface area (TPSA) is 141 Å². The number of non-ortho nitro benzene ring substituents is 1. The smallest absolute Gasteiger partial charge is 0.326 e. The van der Waals surface area contributed by atoms with Crippen LogP contribution in [0.1, 0.15) is 37.0 Å². The second-order valence-corrected chi connectivity index (χ2v) is 10.9. The van der Waals surface area contributed by atoms with E-state index in [4.69, 9.17) is 4.74 Å². The number of unbranched alkanes of at least 4 members (excludes halogenated alkanes) is 1. The molecule has 0 saturated heterocycles. The molecule has 0 fully saturated rings. The van der Waals surface area contributed by atoms with Crippen LogP contribution in [0.3, 0.4) is 0 Å². The van der Waals surface area contributed by atoms with Gasteiger partial charge in [-0.3, -0.25) is 19.7 Å². The fraction of sp³-hybridized carbons (Fsp3) is 0.348. The van der Waals surface area contributed by atoms with E-state index in [9.17, 15) is 28.1 Å². The van der Waals surface area contributed by atoms with Crippen molar-refractivity contribution >= 4 is 49.1 Å². The van der Waals surface area contributed by atoms with Gasteiger partial charge in [-0.05, 0) is 43.7 Å². The Kier molecular flexibility index (Phi) is 8.71. The molecule has 1 heterocycles. The molecule has 11 nitrogen and oxygen atoms in total. The van der Waals surface area contributed by atoms with Gasteiger partial charge in [-0.25, -0.2) is 12.7 Å². The van der Waals surface area contributed by atoms with Crippen LogP contribution < -0.4 is 4.80 Å². The third-order valence-corrected chi connectivity index (χ3v) is 8.23. The number of fused-ring (bicyclic) bond motifs is 1. The zero-order valence-corrected chi connectivity index (χ0v) is 21.7. The summed E-state index contributed by atoms with van der Waals surface area (Å²) in [5.74, 6) is -1.24. The molecule has 0 N–H and O–H groups in total. The molecule has 1 aromatic heterocycles. The standard InChI is InChI=1S/C23H26N4O7S2/c1-4-6-13-25(3)36(32,33)18-10-7-16(8-11-18)22(29)24-23-26(15-21(28)34-5-2)19-14-17(27(30)31)9-12-20(19)35-23/h7-12,14H,4-6,13,15H2,1-3H3. The summed E-state index contributed by atoms with van der Waals surface area (Å²) in [6, 6.07) is 9.61. The molecule has 0 atom stereocenters. The Morgan fingerprint density at radius 3 is 2.47 bits per heavy atom. The Bertz CT molecular complexity index is 1460. The summed E-state index contributed by atoms with van der Waals surface area (Å²) in [6.07, 6.45) is 1.59. The Morgan fingerprint density at radius 1 is 1.17 bits per heavy atom. The number of nitro benzene ring substituents is 1. The number of ether oxygens (including phenoxy) is 1. The van der Waals surface area contributed by atoms with Crippen molar-refractivity contribution in [3.05, 3.63) is 62.9 Å². The fourth-order valence-electron chi connectivity index (χ4n) is 3.35. The minimum atomic E-state index is -3.68. The zero-order chi connectivity index (χ0) is 26.5. The summed E-state index contributed by atoms with van der Waals surface area (Å²) in [7, 11) is -2.18. The number of sulfonamides is 1. The quantitative estimate of drug-likeness (QED) is 0.221. The number of amides is 1. The normalized spacial score (nSPS) is 12.3. The molecule has 0 spiro atoms.